The Kier molecular flexibility index (Phi) is 3.70. The molecule has 5 nitrogen and oxygen atoms in total. The Morgan fingerprint density at radius 2 is 2.43 bits per heavy atom. The maximum Gasteiger partial charge on any atom is 0.316 e. The Balaban J connectivity index is 2.33. The monoisotopic (exact) mass is 214 g/mol. The molecule has 0 aromatic carbocycles. The largest absolute Gasteiger partial charge is 0.337 e. The highest BCUT2D eigenvalue weighted by Gasteiger charge is 2.01. The van der Waals surface area contributed by atoms with Crippen molar-refractivity contribution in [2.75, 3.05) is 20.6 Å². The Hall–Kier alpha value is -1.30. The highest BCUT2D eigenvalue weighted by Crippen LogP contribution is 1.89. The molecule has 1 aromatic rings. The van der Waals surface area contributed by atoms with Gasteiger partial charge >= 0.3 is 6.03 Å². The third kappa shape index (κ3) is 2.88. The first-order valence-corrected chi connectivity index (χ1v) is 4.71. The molecule has 1 aromatic heterocycles. The predicted molar refractivity (Wildman–Crippen MR) is 56.7 cm³/mol. The standard InChI is InChI=1S/C8H14N4OS/c1-11(2)7(13)9-3-5-12-6-4-10-8(12)14/h4,6H,3,5H2,1-2H3,(H,9,13)(H,10,14). The van der Waals surface area contributed by atoms with Crippen LogP contribution in [0.25, 0.3) is 0 Å². The molecule has 0 spiro atoms. The molecule has 0 saturated heterocycles. The van der Waals surface area contributed by atoms with Gasteiger partial charge in [-0.25, -0.2) is 4.79 Å². The molecule has 0 radical (unpaired) electrons. The topological polar surface area (TPSA) is 53.1 Å². The van der Waals surface area contributed by atoms with E-state index in [9.17, 15) is 4.79 Å². The van der Waals surface area contributed by atoms with E-state index in [1.165, 1.54) is 4.90 Å². The summed E-state index contributed by atoms with van der Waals surface area (Å²) in [6.45, 7) is 1.26. The summed E-state index contributed by atoms with van der Waals surface area (Å²) < 4.78 is 2.54. The van der Waals surface area contributed by atoms with Crippen molar-refractivity contribution in [2.45, 2.75) is 6.54 Å². The van der Waals surface area contributed by atoms with Crippen LogP contribution in [0.4, 0.5) is 4.79 Å². The first-order valence-electron chi connectivity index (χ1n) is 4.30. The van der Waals surface area contributed by atoms with Gasteiger partial charge in [-0.05, 0) is 12.2 Å². The van der Waals surface area contributed by atoms with Gasteiger partial charge in [0.25, 0.3) is 0 Å². The van der Waals surface area contributed by atoms with Gasteiger partial charge in [-0.2, -0.15) is 0 Å². The van der Waals surface area contributed by atoms with E-state index in [-0.39, 0.29) is 6.03 Å². The van der Waals surface area contributed by atoms with Gasteiger partial charge in [-0.3, -0.25) is 0 Å². The summed E-state index contributed by atoms with van der Waals surface area (Å²) in [6.07, 6.45) is 3.63. The lowest BCUT2D eigenvalue weighted by atomic mass is 10.6. The molecule has 0 aliphatic rings. The van der Waals surface area contributed by atoms with Gasteiger partial charge in [0, 0.05) is 39.6 Å². The molecule has 1 heterocycles. The summed E-state index contributed by atoms with van der Waals surface area (Å²) in [4.78, 5) is 15.5. The number of carbonyl (C=O) groups is 1. The number of H-pyrrole nitrogens is 1. The van der Waals surface area contributed by atoms with E-state index in [1.54, 1.807) is 20.3 Å². The van der Waals surface area contributed by atoms with Gasteiger partial charge in [-0.15, -0.1) is 0 Å². The van der Waals surface area contributed by atoms with Crippen LogP contribution in [-0.2, 0) is 6.54 Å². The van der Waals surface area contributed by atoms with Crippen molar-refractivity contribution in [3.8, 4) is 0 Å². The van der Waals surface area contributed by atoms with Gasteiger partial charge in [0.05, 0.1) is 0 Å². The summed E-state index contributed by atoms with van der Waals surface area (Å²) in [6, 6.07) is -0.0907. The average Bonchev–Trinajstić information content (AvgIpc) is 2.51. The Labute approximate surface area is 87.7 Å². The number of amides is 2. The second-order valence-corrected chi connectivity index (χ2v) is 3.47. The van der Waals surface area contributed by atoms with E-state index >= 15 is 0 Å². The minimum Gasteiger partial charge on any atom is -0.337 e. The van der Waals surface area contributed by atoms with Crippen molar-refractivity contribution in [1.29, 1.82) is 0 Å². The highest BCUT2D eigenvalue weighted by atomic mass is 32.1. The number of nitrogens with zero attached hydrogens (tertiary/aromatic N) is 2. The molecule has 1 rings (SSSR count). The second-order valence-electron chi connectivity index (χ2n) is 3.08. The SMILES string of the molecule is CN(C)C(=O)NCCn1cc[nH]c1=S. The Morgan fingerprint density at radius 1 is 1.71 bits per heavy atom. The van der Waals surface area contributed by atoms with Crippen LogP contribution in [0.2, 0.25) is 0 Å². The summed E-state index contributed by atoms with van der Waals surface area (Å²) in [5.41, 5.74) is 0. The van der Waals surface area contributed by atoms with Crippen LogP contribution in [-0.4, -0.2) is 41.1 Å². The Morgan fingerprint density at radius 3 is 2.93 bits per heavy atom. The molecule has 6 heteroatoms. The van der Waals surface area contributed by atoms with Crippen LogP contribution in [0.3, 0.4) is 0 Å². The van der Waals surface area contributed by atoms with Crippen molar-refractivity contribution in [2.24, 2.45) is 0 Å². The van der Waals surface area contributed by atoms with Crippen LogP contribution < -0.4 is 5.32 Å². The second kappa shape index (κ2) is 4.80. The van der Waals surface area contributed by atoms with Crippen LogP contribution >= 0.6 is 12.2 Å². The number of nitrogens with one attached hydrogen (secondary N) is 2. The third-order valence-corrected chi connectivity index (χ3v) is 2.11. The maximum atomic E-state index is 11.1. The zero-order valence-corrected chi connectivity index (χ0v) is 9.10. The lowest BCUT2D eigenvalue weighted by Gasteiger charge is -2.11. The van der Waals surface area contributed by atoms with Crippen LogP contribution in [0, 0.1) is 4.77 Å². The first kappa shape index (κ1) is 10.8. The number of rotatable bonds is 3. The van der Waals surface area contributed by atoms with Crippen molar-refractivity contribution < 1.29 is 4.79 Å². The van der Waals surface area contributed by atoms with Crippen molar-refractivity contribution in [1.82, 2.24) is 19.8 Å². The molecule has 2 N–H and O–H groups in total. The number of imidazole rings is 1. The smallest absolute Gasteiger partial charge is 0.316 e. The van der Waals surface area contributed by atoms with Crippen molar-refractivity contribution >= 4 is 18.2 Å². The van der Waals surface area contributed by atoms with Gasteiger partial charge in [-0.1, -0.05) is 0 Å². The number of carbonyl (C=O) groups excluding carboxylic acids is 1. The fourth-order valence-corrected chi connectivity index (χ4v) is 1.19. The summed E-state index contributed by atoms with van der Waals surface area (Å²) in [5.74, 6) is 0. The number of urea groups is 1. The van der Waals surface area contributed by atoms with E-state index < -0.39 is 0 Å². The van der Waals surface area contributed by atoms with Crippen molar-refractivity contribution in [3.63, 3.8) is 0 Å². The average molecular weight is 214 g/mol. The molecule has 0 saturated carbocycles. The molecule has 0 aliphatic heterocycles. The molecule has 78 valence electrons. The third-order valence-electron chi connectivity index (χ3n) is 1.76. The van der Waals surface area contributed by atoms with Crippen LogP contribution in [0.1, 0.15) is 0 Å². The van der Waals surface area contributed by atoms with E-state index in [2.05, 4.69) is 10.3 Å². The predicted octanol–water partition coefficient (Wildman–Crippen LogP) is 0.817. The first-order chi connectivity index (χ1) is 6.61. The summed E-state index contributed by atoms with van der Waals surface area (Å²) >= 11 is 5.00. The number of aromatic amines is 1. The summed E-state index contributed by atoms with van der Waals surface area (Å²) in [7, 11) is 3.41. The lowest BCUT2D eigenvalue weighted by Crippen LogP contribution is -2.36. The van der Waals surface area contributed by atoms with Gasteiger partial charge < -0.3 is 19.8 Å². The Bertz CT molecular complexity index is 354. The van der Waals surface area contributed by atoms with E-state index in [1.807, 2.05) is 10.8 Å². The minimum absolute atomic E-state index is 0.0907. The zero-order valence-electron chi connectivity index (χ0n) is 8.28. The van der Waals surface area contributed by atoms with E-state index in [0.29, 0.717) is 17.9 Å². The number of hydrogen-bond donors (Lipinski definition) is 2. The molecular formula is C8H14N4OS. The molecule has 14 heavy (non-hydrogen) atoms. The normalized spacial score (nSPS) is 9.86. The maximum absolute atomic E-state index is 11.1. The van der Waals surface area contributed by atoms with Gasteiger partial charge in [0.15, 0.2) is 4.77 Å². The molecular weight excluding hydrogens is 200 g/mol. The number of hydrogen-bond acceptors (Lipinski definition) is 2. The molecule has 0 aliphatic carbocycles. The van der Waals surface area contributed by atoms with Crippen LogP contribution in [0.5, 0.6) is 0 Å². The number of aromatic nitrogens is 2. The minimum atomic E-state index is -0.0907. The van der Waals surface area contributed by atoms with Gasteiger partial charge in [0.1, 0.15) is 0 Å². The lowest BCUT2D eigenvalue weighted by molar-refractivity contribution is 0.217. The van der Waals surface area contributed by atoms with Crippen LogP contribution in [0.15, 0.2) is 12.4 Å². The molecule has 0 unspecified atom stereocenters. The highest BCUT2D eigenvalue weighted by molar-refractivity contribution is 7.71. The van der Waals surface area contributed by atoms with Gasteiger partial charge in [0.2, 0.25) is 0 Å². The van der Waals surface area contributed by atoms with E-state index in [0.717, 1.165) is 0 Å². The van der Waals surface area contributed by atoms with E-state index in [4.69, 9.17) is 12.2 Å². The quantitative estimate of drug-likeness (QED) is 0.732. The fraction of sp³-hybridized carbons (Fsp3) is 0.500. The summed E-state index contributed by atoms with van der Waals surface area (Å²) in [5, 5.41) is 2.75. The molecule has 0 fully saturated rings. The fourth-order valence-electron chi connectivity index (χ4n) is 0.967. The molecule has 0 bridgehead atoms. The van der Waals surface area contributed by atoms with Crippen molar-refractivity contribution in [3.05, 3.63) is 17.2 Å². The molecule has 0 atom stereocenters. The zero-order chi connectivity index (χ0) is 10.6. The molecule has 2 amide bonds.